The van der Waals surface area contributed by atoms with Crippen LogP contribution in [-0.4, -0.2) is 11.8 Å². The summed E-state index contributed by atoms with van der Waals surface area (Å²) in [5, 5.41) is 1.27. The van der Waals surface area contributed by atoms with Gasteiger partial charge in [0.2, 0.25) is 0 Å². The number of carbonyl (C=O) groups excluding carboxylic acids is 2. The van der Waals surface area contributed by atoms with Crippen LogP contribution in [0.15, 0.2) is 60.2 Å². The number of amides is 2. The zero-order chi connectivity index (χ0) is 14.8. The number of nitrogens with one attached hydrogen (secondary N) is 1. The summed E-state index contributed by atoms with van der Waals surface area (Å²) in [5.74, 6) is -0.727. The molecule has 0 bridgehead atoms. The molecule has 0 atom stereocenters. The molecule has 2 aromatic carbocycles. The van der Waals surface area contributed by atoms with Gasteiger partial charge in [-0.05, 0) is 52.4 Å². The summed E-state index contributed by atoms with van der Waals surface area (Å²) in [4.78, 5) is 24.4. The standard InChI is InChI=1S/C16H11IN2O2/c17-14-9-5-4-6-11(14)10-13-15(20)18-19(16(13)21)12-7-2-1-3-8-12/h1-10H,(H,18,20)/b13-10-. The van der Waals surface area contributed by atoms with Gasteiger partial charge in [0.25, 0.3) is 11.8 Å². The number of carbonyl (C=O) groups is 2. The van der Waals surface area contributed by atoms with Crippen molar-refractivity contribution >= 4 is 46.2 Å². The molecule has 21 heavy (non-hydrogen) atoms. The van der Waals surface area contributed by atoms with Crippen LogP contribution < -0.4 is 10.4 Å². The topological polar surface area (TPSA) is 49.4 Å². The van der Waals surface area contributed by atoms with Gasteiger partial charge >= 0.3 is 0 Å². The van der Waals surface area contributed by atoms with Crippen molar-refractivity contribution < 1.29 is 9.59 Å². The van der Waals surface area contributed by atoms with E-state index in [9.17, 15) is 9.59 Å². The maximum atomic E-state index is 12.4. The molecule has 1 N–H and O–H groups in total. The largest absolute Gasteiger partial charge is 0.282 e. The fourth-order valence-corrected chi connectivity index (χ4v) is 2.61. The Morgan fingerprint density at radius 3 is 2.33 bits per heavy atom. The zero-order valence-electron chi connectivity index (χ0n) is 10.9. The Bertz CT molecular complexity index is 741. The predicted molar refractivity (Wildman–Crippen MR) is 89.2 cm³/mol. The van der Waals surface area contributed by atoms with Gasteiger partial charge in [0.05, 0.1) is 5.69 Å². The summed E-state index contributed by atoms with van der Waals surface area (Å²) < 4.78 is 0.987. The van der Waals surface area contributed by atoms with E-state index in [0.29, 0.717) is 5.69 Å². The van der Waals surface area contributed by atoms with Gasteiger partial charge in [0.15, 0.2) is 0 Å². The zero-order valence-corrected chi connectivity index (χ0v) is 13.1. The van der Waals surface area contributed by atoms with Crippen LogP contribution in [0, 0.1) is 3.57 Å². The van der Waals surface area contributed by atoms with Crippen LogP contribution in [0.25, 0.3) is 6.08 Å². The number of halogens is 1. The van der Waals surface area contributed by atoms with Crippen molar-refractivity contribution in [3.63, 3.8) is 0 Å². The molecule has 0 saturated carbocycles. The van der Waals surface area contributed by atoms with E-state index in [4.69, 9.17) is 0 Å². The first-order chi connectivity index (χ1) is 10.2. The molecule has 104 valence electrons. The SMILES string of the molecule is O=C1NN(c2ccccc2)C(=O)/C1=C\c1ccccc1I. The lowest BCUT2D eigenvalue weighted by atomic mass is 10.1. The summed E-state index contributed by atoms with van der Waals surface area (Å²) in [6, 6.07) is 16.6. The molecular weight excluding hydrogens is 379 g/mol. The smallest absolute Gasteiger partial charge is 0.267 e. The molecule has 5 heteroatoms. The van der Waals surface area contributed by atoms with Crippen LogP contribution in [0.1, 0.15) is 5.56 Å². The molecule has 0 aliphatic carbocycles. The first-order valence-corrected chi connectivity index (χ1v) is 7.41. The first-order valence-electron chi connectivity index (χ1n) is 6.33. The average molecular weight is 390 g/mol. The minimum absolute atomic E-state index is 0.142. The Balaban J connectivity index is 1.97. The second-order valence-electron chi connectivity index (χ2n) is 4.50. The van der Waals surface area contributed by atoms with Gasteiger partial charge in [0.1, 0.15) is 5.57 Å². The van der Waals surface area contributed by atoms with Crippen molar-refractivity contribution in [2.24, 2.45) is 0 Å². The minimum Gasteiger partial charge on any atom is -0.267 e. The average Bonchev–Trinajstić information content (AvgIpc) is 2.78. The Hall–Kier alpha value is -2.15. The molecule has 2 amide bonds. The van der Waals surface area contributed by atoms with E-state index in [0.717, 1.165) is 9.13 Å². The Labute approximate surface area is 135 Å². The van der Waals surface area contributed by atoms with Crippen LogP contribution in [0.4, 0.5) is 5.69 Å². The molecule has 1 fully saturated rings. The van der Waals surface area contributed by atoms with Gasteiger partial charge in [-0.3, -0.25) is 15.0 Å². The molecule has 1 aliphatic rings. The Morgan fingerprint density at radius 1 is 0.952 bits per heavy atom. The number of hydrogen-bond donors (Lipinski definition) is 1. The lowest BCUT2D eigenvalue weighted by Crippen LogP contribution is -2.35. The van der Waals surface area contributed by atoms with Gasteiger partial charge in [-0.15, -0.1) is 0 Å². The van der Waals surface area contributed by atoms with E-state index in [1.54, 1.807) is 18.2 Å². The van der Waals surface area contributed by atoms with Crippen LogP contribution in [-0.2, 0) is 9.59 Å². The lowest BCUT2D eigenvalue weighted by Gasteiger charge is -2.13. The van der Waals surface area contributed by atoms with Crippen LogP contribution in [0.2, 0.25) is 0 Å². The second kappa shape index (κ2) is 5.69. The van der Waals surface area contributed by atoms with Crippen molar-refractivity contribution in [3.05, 3.63) is 69.3 Å². The van der Waals surface area contributed by atoms with E-state index in [2.05, 4.69) is 28.0 Å². The van der Waals surface area contributed by atoms with Gasteiger partial charge in [-0.25, -0.2) is 5.01 Å². The molecule has 2 aromatic rings. The second-order valence-corrected chi connectivity index (χ2v) is 5.66. The molecule has 3 rings (SSSR count). The molecule has 1 heterocycles. The maximum Gasteiger partial charge on any atom is 0.282 e. The number of para-hydroxylation sites is 1. The summed E-state index contributed by atoms with van der Waals surface area (Å²) in [6.07, 6.45) is 1.63. The molecule has 0 aromatic heterocycles. The van der Waals surface area contributed by atoms with E-state index < -0.39 is 0 Å². The number of nitrogens with zero attached hydrogens (tertiary/aromatic N) is 1. The minimum atomic E-state index is -0.386. The van der Waals surface area contributed by atoms with Gasteiger partial charge in [0, 0.05) is 3.57 Å². The van der Waals surface area contributed by atoms with Crippen molar-refractivity contribution in [2.45, 2.75) is 0 Å². The Kier molecular flexibility index (Phi) is 3.74. The quantitative estimate of drug-likeness (QED) is 0.487. The Morgan fingerprint density at radius 2 is 1.62 bits per heavy atom. The highest BCUT2D eigenvalue weighted by Gasteiger charge is 2.34. The highest BCUT2D eigenvalue weighted by atomic mass is 127. The summed E-state index contributed by atoms with van der Waals surface area (Å²) in [6.45, 7) is 0. The number of anilines is 1. The fraction of sp³-hybridized carbons (Fsp3) is 0. The molecule has 0 radical (unpaired) electrons. The van der Waals surface area contributed by atoms with E-state index in [1.807, 2.05) is 42.5 Å². The highest BCUT2D eigenvalue weighted by Crippen LogP contribution is 2.22. The predicted octanol–water partition coefficient (Wildman–Crippen LogP) is 2.75. The molecule has 4 nitrogen and oxygen atoms in total. The van der Waals surface area contributed by atoms with E-state index in [1.165, 1.54) is 5.01 Å². The first kappa shape index (κ1) is 13.8. The summed E-state index contributed by atoms with van der Waals surface area (Å²) in [5.41, 5.74) is 4.22. The van der Waals surface area contributed by atoms with Crippen molar-refractivity contribution in [1.82, 2.24) is 5.43 Å². The molecule has 1 aliphatic heterocycles. The van der Waals surface area contributed by atoms with Gasteiger partial charge in [-0.1, -0.05) is 36.4 Å². The normalized spacial score (nSPS) is 16.4. The fourth-order valence-electron chi connectivity index (χ4n) is 2.06. The van der Waals surface area contributed by atoms with Crippen molar-refractivity contribution in [1.29, 1.82) is 0 Å². The van der Waals surface area contributed by atoms with Crippen LogP contribution in [0.3, 0.4) is 0 Å². The monoisotopic (exact) mass is 390 g/mol. The molecular formula is C16H11IN2O2. The lowest BCUT2D eigenvalue weighted by molar-refractivity contribution is -0.117. The van der Waals surface area contributed by atoms with Crippen molar-refractivity contribution in [3.8, 4) is 0 Å². The number of hydrogen-bond acceptors (Lipinski definition) is 2. The number of benzene rings is 2. The van der Waals surface area contributed by atoms with E-state index >= 15 is 0 Å². The highest BCUT2D eigenvalue weighted by molar-refractivity contribution is 14.1. The van der Waals surface area contributed by atoms with E-state index in [-0.39, 0.29) is 17.4 Å². The van der Waals surface area contributed by atoms with Crippen LogP contribution >= 0.6 is 22.6 Å². The third-order valence-electron chi connectivity index (χ3n) is 3.11. The number of rotatable bonds is 2. The molecule has 1 saturated heterocycles. The van der Waals surface area contributed by atoms with Crippen LogP contribution in [0.5, 0.6) is 0 Å². The third-order valence-corrected chi connectivity index (χ3v) is 4.09. The maximum absolute atomic E-state index is 12.4. The van der Waals surface area contributed by atoms with Gasteiger partial charge in [-0.2, -0.15) is 0 Å². The summed E-state index contributed by atoms with van der Waals surface area (Å²) in [7, 11) is 0. The third kappa shape index (κ3) is 2.69. The molecule has 0 unspecified atom stereocenters. The van der Waals surface area contributed by atoms with Gasteiger partial charge < -0.3 is 0 Å². The number of hydrazine groups is 1. The van der Waals surface area contributed by atoms with Crippen molar-refractivity contribution in [2.75, 3.05) is 5.01 Å². The molecule has 0 spiro atoms. The summed E-state index contributed by atoms with van der Waals surface area (Å²) >= 11 is 2.18.